The average molecular weight is 559 g/mol. The van der Waals surface area contributed by atoms with Crippen LogP contribution in [-0.4, -0.2) is 39.7 Å². The van der Waals surface area contributed by atoms with Gasteiger partial charge in [0, 0.05) is 11.3 Å². The van der Waals surface area contributed by atoms with Crippen LogP contribution in [0, 0.1) is 11.3 Å². The van der Waals surface area contributed by atoms with E-state index >= 15 is 0 Å². The van der Waals surface area contributed by atoms with Gasteiger partial charge in [0.2, 0.25) is 0 Å². The molecule has 1 saturated carbocycles. The highest BCUT2D eigenvalue weighted by molar-refractivity contribution is 6.99. The molecule has 0 radical (unpaired) electrons. The Kier molecular flexibility index (Phi) is 7.72. The fraction of sp³-hybridized carbons (Fsp3) is 0.441. The fourth-order valence-electron chi connectivity index (χ4n) is 7.17. The number of carbonyl (C=O) groups excluding carboxylic acids is 1. The number of esters is 1. The molecule has 40 heavy (non-hydrogen) atoms. The smallest absolute Gasteiger partial charge is 0.306 e. The quantitative estimate of drug-likeness (QED) is 0.230. The highest BCUT2D eigenvalue weighted by Gasteiger charge is 2.71. The summed E-state index contributed by atoms with van der Waals surface area (Å²) in [5.41, 5.74) is 0.0937. The van der Waals surface area contributed by atoms with Crippen molar-refractivity contribution >= 4 is 24.7 Å². The van der Waals surface area contributed by atoms with E-state index in [4.69, 9.17) is 18.6 Å². The first-order chi connectivity index (χ1) is 19.0. The zero-order valence-corrected chi connectivity index (χ0v) is 25.6. The number of carbonyl (C=O) groups is 1. The number of ether oxygens (including phenoxy) is 3. The first-order valence-electron chi connectivity index (χ1n) is 14.2. The van der Waals surface area contributed by atoms with Gasteiger partial charge in [-0.3, -0.25) is 4.79 Å². The summed E-state index contributed by atoms with van der Waals surface area (Å²) in [5, 5.41) is 2.26. The van der Waals surface area contributed by atoms with Crippen molar-refractivity contribution in [2.75, 3.05) is 13.7 Å². The molecule has 0 unspecified atom stereocenters. The third-order valence-electron chi connectivity index (χ3n) is 9.07. The number of hydrogen-bond acceptors (Lipinski definition) is 5. The summed E-state index contributed by atoms with van der Waals surface area (Å²) in [5.74, 6) is 0.788. The molecule has 1 aliphatic carbocycles. The van der Waals surface area contributed by atoms with Crippen molar-refractivity contribution < 1.29 is 23.4 Å². The lowest BCUT2D eigenvalue weighted by Crippen LogP contribution is -2.71. The Morgan fingerprint density at radius 2 is 1.50 bits per heavy atom. The van der Waals surface area contributed by atoms with Crippen molar-refractivity contribution in [2.24, 2.45) is 11.3 Å². The Morgan fingerprint density at radius 3 is 1.98 bits per heavy atom. The minimum Gasteiger partial charge on any atom is -0.497 e. The van der Waals surface area contributed by atoms with E-state index in [0.29, 0.717) is 19.6 Å². The predicted molar refractivity (Wildman–Crippen MR) is 160 cm³/mol. The van der Waals surface area contributed by atoms with Crippen LogP contribution in [-0.2, 0) is 25.3 Å². The van der Waals surface area contributed by atoms with Crippen molar-refractivity contribution in [1.29, 1.82) is 0 Å². The van der Waals surface area contributed by atoms with Gasteiger partial charge >= 0.3 is 5.97 Å². The second kappa shape index (κ2) is 10.8. The van der Waals surface area contributed by atoms with Crippen LogP contribution in [0.15, 0.2) is 84.9 Å². The SMILES string of the molecule is COc1ccc(CO[C@@H](CO[Si](c2ccccc2)(c2ccccc2)C(C)(C)C)[C@]23OC(=O)C[C@H]2CC3(C)C)cc1. The number of rotatable bonds is 10. The molecule has 1 heterocycles. The molecular formula is C34H42O5Si. The van der Waals surface area contributed by atoms with Gasteiger partial charge in [0.25, 0.3) is 8.32 Å². The van der Waals surface area contributed by atoms with Crippen LogP contribution in [0.25, 0.3) is 0 Å². The van der Waals surface area contributed by atoms with Gasteiger partial charge in [0.15, 0.2) is 0 Å². The molecule has 1 aliphatic heterocycles. The number of benzene rings is 3. The van der Waals surface area contributed by atoms with Crippen LogP contribution in [0.1, 0.15) is 53.0 Å². The molecule has 0 aromatic heterocycles. The van der Waals surface area contributed by atoms with Crippen molar-refractivity contribution in [2.45, 2.75) is 70.8 Å². The molecule has 6 heteroatoms. The Bertz CT molecular complexity index is 1260. The molecule has 0 amide bonds. The van der Waals surface area contributed by atoms with E-state index in [2.05, 4.69) is 95.3 Å². The number of methoxy groups -OCH3 is 1. The monoisotopic (exact) mass is 558 g/mol. The minimum absolute atomic E-state index is 0.124. The summed E-state index contributed by atoms with van der Waals surface area (Å²) in [6.45, 7) is 11.9. The second-order valence-electron chi connectivity index (χ2n) is 12.9. The van der Waals surface area contributed by atoms with Crippen LogP contribution in [0.5, 0.6) is 5.75 Å². The molecule has 2 aliphatic rings. The van der Waals surface area contributed by atoms with Gasteiger partial charge in [0.05, 0.1) is 26.7 Å². The third kappa shape index (κ3) is 4.80. The van der Waals surface area contributed by atoms with Crippen LogP contribution >= 0.6 is 0 Å². The lowest BCUT2D eigenvalue weighted by molar-refractivity contribution is -0.254. The maximum Gasteiger partial charge on any atom is 0.306 e. The van der Waals surface area contributed by atoms with Crippen LogP contribution in [0.4, 0.5) is 0 Å². The van der Waals surface area contributed by atoms with Crippen LogP contribution in [0.3, 0.4) is 0 Å². The zero-order valence-electron chi connectivity index (χ0n) is 24.6. The summed E-state index contributed by atoms with van der Waals surface area (Å²) in [7, 11) is -1.15. The zero-order chi connectivity index (χ0) is 28.6. The highest BCUT2D eigenvalue weighted by atomic mass is 28.4. The van der Waals surface area contributed by atoms with Crippen LogP contribution in [0.2, 0.25) is 5.04 Å². The van der Waals surface area contributed by atoms with Crippen molar-refractivity contribution in [3.63, 3.8) is 0 Å². The second-order valence-corrected chi connectivity index (χ2v) is 17.2. The standard InChI is InChI=1S/C34H42O5Si/c1-32(2,3)40(28-13-9-7-10-14-28,29-15-11-8-12-16-29)38-24-30(37-23-25-17-19-27(36-6)20-18-25)34-26(21-31(35)39-34)22-33(34,4)5/h7-20,26,30H,21-24H2,1-6H3/t26-,30-,34+/m0/s1. The lowest BCUT2D eigenvalue weighted by Gasteiger charge is -2.59. The van der Waals surface area contributed by atoms with Gasteiger partial charge in [-0.2, -0.15) is 0 Å². The van der Waals surface area contributed by atoms with E-state index in [1.54, 1.807) is 7.11 Å². The molecule has 3 aromatic rings. The van der Waals surface area contributed by atoms with Crippen molar-refractivity contribution in [3.8, 4) is 5.75 Å². The Morgan fingerprint density at radius 1 is 0.925 bits per heavy atom. The summed E-state index contributed by atoms with van der Waals surface area (Å²) in [6, 6.07) is 29.2. The fourth-order valence-corrected chi connectivity index (χ4v) is 11.7. The summed E-state index contributed by atoms with van der Waals surface area (Å²) >= 11 is 0. The van der Waals surface area contributed by atoms with Gasteiger partial charge in [-0.05, 0) is 39.5 Å². The first-order valence-corrected chi connectivity index (χ1v) is 16.2. The van der Waals surface area contributed by atoms with Gasteiger partial charge < -0.3 is 18.6 Å². The number of fused-ring (bicyclic) bond motifs is 1. The molecule has 1 saturated heterocycles. The van der Waals surface area contributed by atoms with Crippen molar-refractivity contribution in [1.82, 2.24) is 0 Å². The average Bonchev–Trinajstić information content (AvgIpc) is 3.23. The lowest BCUT2D eigenvalue weighted by atomic mass is 9.50. The Balaban J connectivity index is 1.54. The third-order valence-corrected chi connectivity index (χ3v) is 14.1. The number of hydrogen-bond donors (Lipinski definition) is 0. The molecule has 5 rings (SSSR count). The molecule has 3 atom stereocenters. The van der Waals surface area contributed by atoms with E-state index < -0.39 is 20.0 Å². The highest BCUT2D eigenvalue weighted by Crippen LogP contribution is 2.63. The molecule has 0 bridgehead atoms. The molecule has 0 N–H and O–H groups in total. The molecule has 5 nitrogen and oxygen atoms in total. The predicted octanol–water partition coefficient (Wildman–Crippen LogP) is 5.89. The Labute approximate surface area is 239 Å². The molecule has 0 spiro atoms. The van der Waals surface area contributed by atoms with Gasteiger partial charge in [-0.15, -0.1) is 0 Å². The van der Waals surface area contributed by atoms with E-state index in [1.807, 2.05) is 24.3 Å². The molecule has 2 fully saturated rings. The maximum atomic E-state index is 12.7. The van der Waals surface area contributed by atoms with Crippen molar-refractivity contribution in [3.05, 3.63) is 90.5 Å². The molecular weight excluding hydrogens is 516 g/mol. The first kappa shape index (κ1) is 28.6. The summed E-state index contributed by atoms with van der Waals surface area (Å²) < 4.78 is 25.7. The van der Waals surface area contributed by atoms with E-state index in [-0.39, 0.29) is 22.3 Å². The van der Waals surface area contributed by atoms with Gasteiger partial charge in [0.1, 0.15) is 17.5 Å². The van der Waals surface area contributed by atoms with Crippen LogP contribution < -0.4 is 15.1 Å². The topological polar surface area (TPSA) is 54.0 Å². The summed E-state index contributed by atoms with van der Waals surface area (Å²) in [4.78, 5) is 12.7. The Hall–Kier alpha value is -2.93. The minimum atomic E-state index is -2.81. The molecule has 212 valence electrons. The molecule has 3 aromatic carbocycles. The largest absolute Gasteiger partial charge is 0.497 e. The van der Waals surface area contributed by atoms with E-state index in [9.17, 15) is 4.79 Å². The normalized spacial score (nSPS) is 22.6. The van der Waals surface area contributed by atoms with E-state index in [1.165, 1.54) is 10.4 Å². The summed E-state index contributed by atoms with van der Waals surface area (Å²) in [6.07, 6.45) is 0.947. The van der Waals surface area contributed by atoms with Gasteiger partial charge in [-0.25, -0.2) is 0 Å². The van der Waals surface area contributed by atoms with E-state index in [0.717, 1.165) is 17.7 Å². The maximum absolute atomic E-state index is 12.7. The van der Waals surface area contributed by atoms with Gasteiger partial charge in [-0.1, -0.05) is 107 Å².